The Balaban J connectivity index is 0. The Morgan fingerprint density at radius 1 is 1.06 bits per heavy atom. The van der Waals surface area contributed by atoms with Crippen molar-refractivity contribution in [3.05, 3.63) is 23.8 Å². The molecule has 100 valence electrons. The zero-order valence-corrected chi connectivity index (χ0v) is 11.0. The Bertz CT molecular complexity index is 294. The highest BCUT2D eigenvalue weighted by Gasteiger charge is 1.98. The van der Waals surface area contributed by atoms with Crippen LogP contribution >= 0.6 is 12.4 Å². The van der Waals surface area contributed by atoms with Crippen LogP contribution in [-0.4, -0.2) is 23.3 Å². The fourth-order valence-corrected chi connectivity index (χ4v) is 1.10. The van der Waals surface area contributed by atoms with Gasteiger partial charge in [-0.15, -0.1) is 12.4 Å². The van der Waals surface area contributed by atoms with E-state index in [4.69, 9.17) is 21.7 Å². The molecule has 6 N–H and O–H groups in total. The van der Waals surface area contributed by atoms with Gasteiger partial charge in [-0.25, -0.2) is 0 Å². The van der Waals surface area contributed by atoms with Gasteiger partial charge in [-0.3, -0.25) is 0 Å². The molecular weight excluding hydrogens is 240 g/mol. The first kappa shape index (κ1) is 18.4. The summed E-state index contributed by atoms with van der Waals surface area (Å²) in [6.07, 6.45) is 3.10. The molecular formula is C12H23ClN2O2. The lowest BCUT2D eigenvalue weighted by atomic mass is 10.1. The van der Waals surface area contributed by atoms with Gasteiger partial charge in [-0.1, -0.05) is 19.4 Å². The minimum Gasteiger partial charge on any atom is -0.504 e. The lowest BCUT2D eigenvalue weighted by molar-refractivity contribution is 0.403. The number of halogens is 1. The third kappa shape index (κ3) is 8.80. The number of aromatic hydroxyl groups is 2. The lowest BCUT2D eigenvalue weighted by Gasteiger charge is -2.00. The molecule has 0 atom stereocenters. The smallest absolute Gasteiger partial charge is 0.157 e. The Hall–Kier alpha value is -0.970. The number of phenols is 2. The summed E-state index contributed by atoms with van der Waals surface area (Å²) in [4.78, 5) is 0. The van der Waals surface area contributed by atoms with Crippen molar-refractivity contribution in [3.63, 3.8) is 0 Å². The average Bonchev–Trinajstić information content (AvgIpc) is 2.26. The van der Waals surface area contributed by atoms with Gasteiger partial charge in [-0.2, -0.15) is 0 Å². The van der Waals surface area contributed by atoms with Crippen LogP contribution in [0.4, 0.5) is 0 Å². The summed E-state index contributed by atoms with van der Waals surface area (Å²) in [5, 5.41) is 18.0. The maximum absolute atomic E-state index is 9.04. The predicted molar refractivity (Wildman–Crippen MR) is 73.7 cm³/mol. The predicted octanol–water partition coefficient (Wildman–Crippen LogP) is 1.77. The van der Waals surface area contributed by atoms with Crippen molar-refractivity contribution in [1.29, 1.82) is 0 Å². The first-order valence-electron chi connectivity index (χ1n) is 5.56. The molecule has 1 rings (SSSR count). The molecule has 0 unspecified atom stereocenters. The van der Waals surface area contributed by atoms with Crippen LogP contribution in [0.25, 0.3) is 0 Å². The highest BCUT2D eigenvalue weighted by atomic mass is 35.5. The summed E-state index contributed by atoms with van der Waals surface area (Å²) >= 11 is 0. The first-order chi connectivity index (χ1) is 7.65. The van der Waals surface area contributed by atoms with E-state index in [1.807, 2.05) is 0 Å². The normalized spacial score (nSPS) is 8.88. The molecule has 5 heteroatoms. The average molecular weight is 263 g/mol. The van der Waals surface area contributed by atoms with Crippen LogP contribution in [0.15, 0.2) is 18.2 Å². The fourth-order valence-electron chi connectivity index (χ4n) is 1.10. The number of hydrogen-bond donors (Lipinski definition) is 4. The summed E-state index contributed by atoms with van der Waals surface area (Å²) in [6, 6.07) is 4.71. The van der Waals surface area contributed by atoms with E-state index in [0.717, 1.165) is 12.1 Å². The summed E-state index contributed by atoms with van der Waals surface area (Å²) in [7, 11) is 0. The second-order valence-corrected chi connectivity index (χ2v) is 3.50. The van der Waals surface area contributed by atoms with Gasteiger partial charge in [0.05, 0.1) is 0 Å². The van der Waals surface area contributed by atoms with E-state index in [0.29, 0.717) is 13.0 Å². The largest absolute Gasteiger partial charge is 0.504 e. The van der Waals surface area contributed by atoms with Gasteiger partial charge in [0.15, 0.2) is 11.5 Å². The second-order valence-electron chi connectivity index (χ2n) is 3.50. The molecule has 4 nitrogen and oxygen atoms in total. The van der Waals surface area contributed by atoms with E-state index in [9.17, 15) is 0 Å². The van der Waals surface area contributed by atoms with Crippen LogP contribution in [0, 0.1) is 0 Å². The fraction of sp³-hybridized carbons (Fsp3) is 0.500. The van der Waals surface area contributed by atoms with Crippen molar-refractivity contribution in [1.82, 2.24) is 0 Å². The maximum Gasteiger partial charge on any atom is 0.157 e. The molecule has 0 aliphatic heterocycles. The number of nitrogens with two attached hydrogens (primary N) is 2. The molecule has 0 saturated carbocycles. The number of rotatable bonds is 4. The molecule has 0 aliphatic rings. The van der Waals surface area contributed by atoms with E-state index in [-0.39, 0.29) is 23.9 Å². The Morgan fingerprint density at radius 3 is 2.06 bits per heavy atom. The highest BCUT2D eigenvalue weighted by molar-refractivity contribution is 5.85. The molecule has 0 fully saturated rings. The van der Waals surface area contributed by atoms with Crippen LogP contribution in [0.2, 0.25) is 0 Å². The van der Waals surface area contributed by atoms with Crippen molar-refractivity contribution >= 4 is 12.4 Å². The first-order valence-corrected chi connectivity index (χ1v) is 5.56. The van der Waals surface area contributed by atoms with E-state index >= 15 is 0 Å². The Kier molecular flexibility index (Phi) is 12.5. The highest BCUT2D eigenvalue weighted by Crippen LogP contribution is 2.24. The zero-order valence-electron chi connectivity index (χ0n) is 10.2. The van der Waals surface area contributed by atoms with E-state index in [1.54, 1.807) is 6.07 Å². The molecule has 0 aromatic heterocycles. The van der Waals surface area contributed by atoms with Crippen molar-refractivity contribution in [2.24, 2.45) is 11.5 Å². The number of phenolic OH excluding ortho intramolecular Hbond substituents is 2. The zero-order chi connectivity index (χ0) is 12.4. The minimum atomic E-state index is -0.0919. The maximum atomic E-state index is 9.04. The minimum absolute atomic E-state index is 0. The summed E-state index contributed by atoms with van der Waals surface area (Å²) in [6.45, 7) is 3.52. The van der Waals surface area contributed by atoms with Crippen molar-refractivity contribution < 1.29 is 10.2 Å². The molecule has 0 bridgehead atoms. The van der Waals surface area contributed by atoms with Gasteiger partial charge in [0.1, 0.15) is 0 Å². The van der Waals surface area contributed by atoms with Crippen LogP contribution < -0.4 is 11.5 Å². The Labute approximate surface area is 109 Å². The van der Waals surface area contributed by atoms with Crippen LogP contribution in [-0.2, 0) is 6.42 Å². The molecule has 1 aromatic rings. The van der Waals surface area contributed by atoms with E-state index in [1.165, 1.54) is 25.0 Å². The van der Waals surface area contributed by atoms with Gasteiger partial charge in [-0.05, 0) is 43.6 Å². The van der Waals surface area contributed by atoms with Crippen LogP contribution in [0.3, 0.4) is 0 Å². The lowest BCUT2D eigenvalue weighted by Crippen LogP contribution is -2.02. The van der Waals surface area contributed by atoms with Crippen LogP contribution in [0.1, 0.15) is 25.3 Å². The Morgan fingerprint density at radius 2 is 1.71 bits per heavy atom. The van der Waals surface area contributed by atoms with E-state index < -0.39 is 0 Å². The van der Waals surface area contributed by atoms with Gasteiger partial charge in [0.25, 0.3) is 0 Å². The third-order valence-electron chi connectivity index (χ3n) is 2.03. The van der Waals surface area contributed by atoms with Gasteiger partial charge >= 0.3 is 0 Å². The molecule has 0 heterocycles. The SMILES string of the molecule is CCCCN.Cl.NCCc1ccc(O)c(O)c1. The summed E-state index contributed by atoms with van der Waals surface area (Å²) < 4.78 is 0. The van der Waals surface area contributed by atoms with Crippen molar-refractivity contribution in [2.75, 3.05) is 13.1 Å². The number of unbranched alkanes of at least 4 members (excludes halogenated alkanes) is 1. The van der Waals surface area contributed by atoms with Gasteiger partial charge in [0.2, 0.25) is 0 Å². The topological polar surface area (TPSA) is 92.5 Å². The summed E-state index contributed by atoms with van der Waals surface area (Å²) in [5.41, 5.74) is 11.4. The van der Waals surface area contributed by atoms with E-state index in [2.05, 4.69) is 6.92 Å². The molecule has 0 radical (unpaired) electrons. The molecule has 0 spiro atoms. The van der Waals surface area contributed by atoms with Crippen molar-refractivity contribution in [2.45, 2.75) is 26.2 Å². The molecule has 0 aliphatic carbocycles. The van der Waals surface area contributed by atoms with Crippen molar-refractivity contribution in [3.8, 4) is 11.5 Å². The van der Waals surface area contributed by atoms with Gasteiger partial charge in [0, 0.05) is 0 Å². The molecule has 1 aromatic carbocycles. The molecule has 17 heavy (non-hydrogen) atoms. The molecule has 0 saturated heterocycles. The number of hydrogen-bond acceptors (Lipinski definition) is 4. The number of benzene rings is 1. The standard InChI is InChI=1S/C8H11NO2.C4H11N.ClH/c9-4-3-6-1-2-7(10)8(11)5-6;1-2-3-4-5;/h1-2,5,10-11H,3-4,9H2;2-5H2,1H3;1H. The third-order valence-corrected chi connectivity index (χ3v) is 2.03. The molecule has 0 amide bonds. The monoisotopic (exact) mass is 262 g/mol. The van der Waals surface area contributed by atoms with Crippen LogP contribution in [0.5, 0.6) is 11.5 Å². The quantitative estimate of drug-likeness (QED) is 0.622. The van der Waals surface area contributed by atoms with Gasteiger partial charge < -0.3 is 21.7 Å². The second kappa shape index (κ2) is 11.5. The summed E-state index contributed by atoms with van der Waals surface area (Å²) in [5.74, 6) is -0.179.